The van der Waals surface area contributed by atoms with Crippen molar-refractivity contribution in [1.29, 1.82) is 0 Å². The second-order valence-electron chi connectivity index (χ2n) is 17.6. The van der Waals surface area contributed by atoms with Crippen LogP contribution in [0.5, 0.6) is 0 Å². The van der Waals surface area contributed by atoms with Gasteiger partial charge >= 0.3 is 0 Å². The highest BCUT2D eigenvalue weighted by molar-refractivity contribution is 5.02. The molecule has 18 N–H and O–H groups in total. The summed E-state index contributed by atoms with van der Waals surface area (Å²) in [6.45, 7) is -5.35. The van der Waals surface area contributed by atoms with Crippen molar-refractivity contribution in [3.63, 3.8) is 0 Å². The van der Waals surface area contributed by atoms with E-state index in [9.17, 15) is 91.9 Å². The van der Waals surface area contributed by atoms with Crippen LogP contribution in [0, 0.1) is 5.92 Å². The van der Waals surface area contributed by atoms with Crippen LogP contribution in [0.4, 0.5) is 0 Å². The molecule has 12 bridgehead atoms. The fourth-order valence-corrected chi connectivity index (χ4v) is 9.68. The van der Waals surface area contributed by atoms with E-state index in [1.807, 2.05) is 0 Å². The third kappa shape index (κ3) is 10.5. The maximum Gasteiger partial charge on any atom is 0.187 e. The summed E-state index contributed by atoms with van der Waals surface area (Å²) in [4.78, 5) is 0. The van der Waals surface area contributed by atoms with Crippen molar-refractivity contribution in [3.8, 4) is 0 Å². The third-order valence-corrected chi connectivity index (χ3v) is 13.5. The zero-order valence-electron chi connectivity index (χ0n) is 35.5. The summed E-state index contributed by atoms with van der Waals surface area (Å²) >= 11 is 0. The van der Waals surface area contributed by atoms with E-state index in [-0.39, 0.29) is 6.42 Å². The number of hydrogen-bond acceptors (Lipinski definition) is 29. The summed E-state index contributed by atoms with van der Waals surface area (Å²) in [6, 6.07) is 0. The molecule has 390 valence electrons. The van der Waals surface area contributed by atoms with E-state index in [1.165, 1.54) is 0 Å². The number of hydrogen-bond donors (Lipinski definition) is 18. The minimum absolute atomic E-state index is 0.364. The van der Waals surface area contributed by atoms with Crippen molar-refractivity contribution in [2.24, 2.45) is 5.92 Å². The molecule has 0 radical (unpaired) electrons. The van der Waals surface area contributed by atoms with Gasteiger partial charge in [-0.1, -0.05) is 0 Å². The quantitative estimate of drug-likeness (QED) is 0.113. The fraction of sp³-hybridized carbons (Fsp3) is 1.00. The monoisotopic (exact) mass is 984 g/mol. The summed E-state index contributed by atoms with van der Waals surface area (Å²) in [6.07, 6.45) is -54.8. The molecule has 0 amide bonds. The van der Waals surface area contributed by atoms with Crippen molar-refractivity contribution in [2.75, 3.05) is 39.6 Å². The third-order valence-electron chi connectivity index (χ3n) is 13.5. The minimum Gasteiger partial charge on any atom is -0.396 e. The van der Waals surface area contributed by atoms with Crippen molar-refractivity contribution >= 4 is 0 Å². The van der Waals surface area contributed by atoms with E-state index in [1.54, 1.807) is 0 Å². The number of aliphatic hydroxyl groups is 18. The van der Waals surface area contributed by atoms with Gasteiger partial charge in [0.1, 0.15) is 122 Å². The summed E-state index contributed by atoms with van der Waals surface area (Å²) < 4.78 is 63.3. The van der Waals surface area contributed by atoms with Gasteiger partial charge in [0.2, 0.25) is 0 Å². The van der Waals surface area contributed by atoms with Gasteiger partial charge in [-0.05, 0) is 12.8 Å². The van der Waals surface area contributed by atoms with Gasteiger partial charge in [0.25, 0.3) is 0 Å². The van der Waals surface area contributed by atoms with E-state index in [4.69, 9.17) is 52.1 Å². The van der Waals surface area contributed by atoms with Crippen LogP contribution in [0.25, 0.3) is 0 Å². The van der Waals surface area contributed by atoms with E-state index in [2.05, 4.69) is 0 Å². The lowest BCUT2D eigenvalue weighted by Crippen LogP contribution is -2.68. The van der Waals surface area contributed by atoms with E-state index < -0.39 is 230 Å². The normalized spacial score (nSPS) is 54.7. The van der Waals surface area contributed by atoms with Gasteiger partial charge in [0.05, 0.1) is 57.5 Å². The molecule has 22 fully saturated rings. The Labute approximate surface area is 380 Å². The highest BCUT2D eigenvalue weighted by atomic mass is 16.8. The molecule has 30 atom stereocenters. The molecule has 22 saturated heterocycles. The predicted octanol–water partition coefficient (Wildman–Crippen LogP) is -12.0. The average Bonchev–Trinajstić information content (AvgIpc) is 3.32. The summed E-state index contributed by atoms with van der Waals surface area (Å²) in [5, 5.41) is 197. The smallest absolute Gasteiger partial charge is 0.187 e. The second-order valence-corrected chi connectivity index (χ2v) is 17.6. The van der Waals surface area contributed by atoms with Crippen LogP contribution < -0.4 is 0 Å². The molecule has 22 aliphatic heterocycles. The maximum atomic E-state index is 11.4. The molecule has 6 unspecified atom stereocenters. The van der Waals surface area contributed by atoms with Gasteiger partial charge < -0.3 is 144 Å². The van der Waals surface area contributed by atoms with Crippen LogP contribution in [-0.2, 0) is 52.1 Å². The van der Waals surface area contributed by atoms with E-state index in [0.29, 0.717) is 0 Å². The first kappa shape index (κ1) is 53.6. The molecule has 0 aromatic heterocycles. The van der Waals surface area contributed by atoms with Crippen LogP contribution in [-0.4, -0.2) is 310 Å². The largest absolute Gasteiger partial charge is 0.396 e. The summed E-state index contributed by atoms with van der Waals surface area (Å²) in [5.74, 6) is -1.32. The standard InChI is InChI=1S/C38H64O29/c39-2-1-10-29-20(48)25(53)35(58-10)66-32-15(7-43)62-38(28(56)22(32)50)67-33-16(8-44)61-37(27(55)23(33)51)64-30-13(5-41)57-11(18(46)19(30)47)3-9-12(4-40)59-34(24(52)17(9)45)65-31-14(6-42)60-36(63-29)26(54)21(31)49/h9-56H,1-8H2/t9-,10-,11?,12-,13-,14-,15-,16-,17+,18+,19-,20-,21-,22-,23-,24-,25-,26-,27-,28-,29-,30-,31-,32-,33-,34?,35?,36?,37?,38?/m1/s1. The molecule has 0 aromatic carbocycles. The second kappa shape index (κ2) is 22.7. The molecule has 22 aliphatic rings. The Bertz CT molecular complexity index is 1530. The van der Waals surface area contributed by atoms with Gasteiger partial charge in [0.15, 0.2) is 31.5 Å². The minimum atomic E-state index is -2.13. The van der Waals surface area contributed by atoms with E-state index >= 15 is 0 Å². The molecular formula is C38H64O29. The van der Waals surface area contributed by atoms with Gasteiger partial charge in [-0.15, -0.1) is 0 Å². The van der Waals surface area contributed by atoms with Crippen LogP contribution in [0.1, 0.15) is 12.8 Å². The average molecular weight is 985 g/mol. The summed E-state index contributed by atoms with van der Waals surface area (Å²) in [7, 11) is 0. The Morgan fingerprint density at radius 2 is 0.537 bits per heavy atom. The lowest BCUT2D eigenvalue weighted by molar-refractivity contribution is -0.395. The Morgan fingerprint density at radius 1 is 0.269 bits per heavy atom. The van der Waals surface area contributed by atoms with Crippen molar-refractivity contribution in [1.82, 2.24) is 0 Å². The Balaban J connectivity index is 1.20. The van der Waals surface area contributed by atoms with Crippen LogP contribution >= 0.6 is 0 Å². The van der Waals surface area contributed by atoms with Gasteiger partial charge in [0, 0.05) is 12.5 Å². The number of ether oxygens (including phenoxy) is 11. The van der Waals surface area contributed by atoms with Gasteiger partial charge in [-0.2, -0.15) is 0 Å². The molecule has 0 spiro atoms. The Hall–Kier alpha value is -1.16. The van der Waals surface area contributed by atoms with E-state index in [0.717, 1.165) is 0 Å². The van der Waals surface area contributed by atoms with Gasteiger partial charge in [-0.3, -0.25) is 0 Å². The topological polar surface area (TPSA) is 466 Å². The molecule has 22 heterocycles. The van der Waals surface area contributed by atoms with Crippen molar-refractivity contribution in [2.45, 2.75) is 191 Å². The Morgan fingerprint density at radius 3 is 0.866 bits per heavy atom. The fourth-order valence-electron chi connectivity index (χ4n) is 9.68. The molecule has 0 saturated carbocycles. The molecule has 67 heavy (non-hydrogen) atoms. The highest BCUT2D eigenvalue weighted by Crippen LogP contribution is 2.39. The van der Waals surface area contributed by atoms with Crippen LogP contribution in [0.2, 0.25) is 0 Å². The van der Waals surface area contributed by atoms with Crippen LogP contribution in [0.15, 0.2) is 0 Å². The molecule has 29 heteroatoms. The molecule has 22 rings (SSSR count). The lowest BCUT2D eigenvalue weighted by atomic mass is 9.81. The zero-order chi connectivity index (χ0) is 48.8. The first-order valence-electron chi connectivity index (χ1n) is 21.9. The Kier molecular flexibility index (Phi) is 18.2. The number of aliphatic hydroxyl groups excluding tert-OH is 18. The molecular weight excluding hydrogens is 920 g/mol. The molecule has 29 nitrogen and oxygen atoms in total. The van der Waals surface area contributed by atoms with Crippen molar-refractivity contribution in [3.05, 3.63) is 0 Å². The molecule has 0 aliphatic carbocycles. The highest BCUT2D eigenvalue weighted by Gasteiger charge is 2.58. The number of rotatable bonds is 7. The SMILES string of the molecule is OCC[C@H]1OC2O[C@H]3[C@H](O)[C@@H](O)C(O[C@H]4[C@H](O)[C@@H](O)C(O[C@H]5[C@H](O)[C@@H](O)C(C[C@H]6[C@H](O)[C@@H](O)C(O[C@H]7[C@H](O)[C@@H](O)C(O[C@H]1[C@H](O)[C@H]2O)O[C@@H]7CO)O[C@@H]6CO)O[C@@H]5CO)O[C@@H]4CO)O[C@@H]3CO. The first-order chi connectivity index (χ1) is 31.9. The zero-order valence-corrected chi connectivity index (χ0v) is 35.5. The summed E-state index contributed by atoms with van der Waals surface area (Å²) in [5.41, 5.74) is 0. The molecule has 0 aromatic rings. The van der Waals surface area contributed by atoms with Crippen LogP contribution in [0.3, 0.4) is 0 Å². The van der Waals surface area contributed by atoms with Gasteiger partial charge in [-0.25, -0.2) is 0 Å². The maximum absolute atomic E-state index is 11.4. The van der Waals surface area contributed by atoms with Crippen molar-refractivity contribution < 1.29 is 144 Å². The first-order valence-corrected chi connectivity index (χ1v) is 21.9. The lowest BCUT2D eigenvalue weighted by Gasteiger charge is -2.51. The predicted molar refractivity (Wildman–Crippen MR) is 204 cm³/mol.